The summed E-state index contributed by atoms with van der Waals surface area (Å²) in [6, 6.07) is 5.58. The number of benzene rings is 1. The Labute approximate surface area is 102 Å². The highest BCUT2D eigenvalue weighted by Crippen LogP contribution is 2.27. The minimum atomic E-state index is 0.590. The normalized spacial score (nSPS) is 10.1. The number of anilines is 1. The van der Waals surface area contributed by atoms with Crippen LogP contribution in [0.3, 0.4) is 0 Å². The molecule has 0 bridgehead atoms. The molecule has 4 nitrogen and oxygen atoms in total. The molecular weight excluding hydrogens is 246 g/mol. The van der Waals surface area contributed by atoms with Crippen molar-refractivity contribution in [3.63, 3.8) is 0 Å². The third-order valence-electron chi connectivity index (χ3n) is 2.10. The Hall–Kier alpha value is -1.33. The van der Waals surface area contributed by atoms with Gasteiger partial charge in [0.05, 0.1) is 13.3 Å². The van der Waals surface area contributed by atoms with Gasteiger partial charge in [0.1, 0.15) is 10.8 Å². The van der Waals surface area contributed by atoms with Crippen molar-refractivity contribution in [3.05, 3.63) is 35.0 Å². The summed E-state index contributed by atoms with van der Waals surface area (Å²) in [5.74, 6) is 0.775. The van der Waals surface area contributed by atoms with Gasteiger partial charge in [-0.2, -0.15) is 0 Å². The molecule has 2 aromatic rings. The van der Waals surface area contributed by atoms with Crippen LogP contribution in [0.1, 0.15) is 5.56 Å². The van der Waals surface area contributed by atoms with E-state index in [0.29, 0.717) is 11.6 Å². The van der Waals surface area contributed by atoms with Crippen LogP contribution in [0.5, 0.6) is 5.75 Å². The van der Waals surface area contributed by atoms with E-state index in [-0.39, 0.29) is 0 Å². The molecule has 1 aromatic carbocycles. The molecule has 0 aliphatic carbocycles. The standard InChI is InChI=1S/C10H10ClN3OS/c1-15-9-4-2-3-8(11)7(9)5-12-10-6-13-14-16-10/h2-4,6,12H,5H2,1H3. The van der Waals surface area contributed by atoms with E-state index >= 15 is 0 Å². The lowest BCUT2D eigenvalue weighted by atomic mass is 10.2. The van der Waals surface area contributed by atoms with E-state index in [1.165, 1.54) is 11.5 Å². The Balaban J connectivity index is 2.14. The van der Waals surface area contributed by atoms with Gasteiger partial charge in [-0.3, -0.25) is 0 Å². The second-order valence-electron chi connectivity index (χ2n) is 3.06. The van der Waals surface area contributed by atoms with E-state index in [0.717, 1.165) is 16.3 Å². The van der Waals surface area contributed by atoms with E-state index in [4.69, 9.17) is 16.3 Å². The third kappa shape index (κ3) is 2.43. The lowest BCUT2D eigenvalue weighted by Gasteiger charge is -2.10. The lowest BCUT2D eigenvalue weighted by molar-refractivity contribution is 0.410. The number of hydrogen-bond donors (Lipinski definition) is 1. The van der Waals surface area contributed by atoms with Crippen molar-refractivity contribution in [1.82, 2.24) is 9.59 Å². The van der Waals surface area contributed by atoms with E-state index in [2.05, 4.69) is 14.9 Å². The predicted octanol–water partition coefficient (Wildman–Crippen LogP) is 2.81. The van der Waals surface area contributed by atoms with E-state index in [9.17, 15) is 0 Å². The van der Waals surface area contributed by atoms with Gasteiger partial charge in [-0.25, -0.2) is 0 Å². The van der Waals surface area contributed by atoms with Gasteiger partial charge in [-0.15, -0.1) is 5.10 Å². The molecule has 6 heteroatoms. The van der Waals surface area contributed by atoms with E-state index in [1.807, 2.05) is 18.2 Å². The molecule has 1 N–H and O–H groups in total. The molecule has 84 valence electrons. The van der Waals surface area contributed by atoms with Crippen LogP contribution >= 0.6 is 23.1 Å². The zero-order valence-electron chi connectivity index (χ0n) is 8.61. The van der Waals surface area contributed by atoms with Crippen LogP contribution in [0.2, 0.25) is 5.02 Å². The Kier molecular flexibility index (Phi) is 3.58. The zero-order valence-corrected chi connectivity index (χ0v) is 10.2. The first-order valence-electron chi connectivity index (χ1n) is 4.64. The summed E-state index contributed by atoms with van der Waals surface area (Å²) in [6.45, 7) is 0.590. The third-order valence-corrected chi connectivity index (χ3v) is 3.07. The Morgan fingerprint density at radius 3 is 3.06 bits per heavy atom. The Morgan fingerprint density at radius 2 is 2.38 bits per heavy atom. The highest BCUT2D eigenvalue weighted by atomic mass is 35.5. The van der Waals surface area contributed by atoms with Gasteiger partial charge in [0.25, 0.3) is 0 Å². The van der Waals surface area contributed by atoms with Crippen molar-refractivity contribution in [2.24, 2.45) is 0 Å². The summed E-state index contributed by atoms with van der Waals surface area (Å²) < 4.78 is 9.01. The molecule has 0 saturated heterocycles. The average Bonchev–Trinajstić information content (AvgIpc) is 2.80. The smallest absolute Gasteiger partial charge is 0.130 e. The van der Waals surface area contributed by atoms with Crippen LogP contribution in [0.15, 0.2) is 24.4 Å². The van der Waals surface area contributed by atoms with Gasteiger partial charge in [0.2, 0.25) is 0 Å². The molecule has 16 heavy (non-hydrogen) atoms. The van der Waals surface area contributed by atoms with Crippen molar-refractivity contribution < 1.29 is 4.74 Å². The molecule has 0 fully saturated rings. The lowest BCUT2D eigenvalue weighted by Crippen LogP contribution is -2.01. The van der Waals surface area contributed by atoms with Gasteiger partial charge < -0.3 is 10.1 Å². The van der Waals surface area contributed by atoms with Gasteiger partial charge in [-0.1, -0.05) is 22.2 Å². The second kappa shape index (κ2) is 5.14. The highest BCUT2D eigenvalue weighted by molar-refractivity contribution is 7.09. The number of hydrogen-bond acceptors (Lipinski definition) is 5. The molecule has 1 heterocycles. The topological polar surface area (TPSA) is 47.0 Å². The maximum Gasteiger partial charge on any atom is 0.130 e. The summed E-state index contributed by atoms with van der Waals surface area (Å²) in [5.41, 5.74) is 0.931. The molecule has 0 spiro atoms. The van der Waals surface area contributed by atoms with Crippen molar-refractivity contribution in [1.29, 1.82) is 0 Å². The Bertz CT molecular complexity index is 461. The fourth-order valence-electron chi connectivity index (χ4n) is 1.32. The van der Waals surface area contributed by atoms with Crippen LogP contribution in [0.4, 0.5) is 5.00 Å². The number of nitrogens with one attached hydrogen (secondary N) is 1. The fraction of sp³-hybridized carbons (Fsp3) is 0.200. The predicted molar refractivity (Wildman–Crippen MR) is 65.2 cm³/mol. The highest BCUT2D eigenvalue weighted by Gasteiger charge is 2.07. The molecule has 0 atom stereocenters. The van der Waals surface area contributed by atoms with E-state index < -0.39 is 0 Å². The molecule has 0 unspecified atom stereocenters. The van der Waals surface area contributed by atoms with Crippen LogP contribution in [-0.4, -0.2) is 16.7 Å². The zero-order chi connectivity index (χ0) is 11.4. The second-order valence-corrected chi connectivity index (χ2v) is 4.25. The van der Waals surface area contributed by atoms with Crippen molar-refractivity contribution in [2.75, 3.05) is 12.4 Å². The molecule has 1 aromatic heterocycles. The summed E-state index contributed by atoms with van der Waals surface area (Å²) in [7, 11) is 1.63. The fourth-order valence-corrected chi connectivity index (χ4v) is 1.97. The van der Waals surface area contributed by atoms with Crippen LogP contribution in [0.25, 0.3) is 0 Å². The van der Waals surface area contributed by atoms with Crippen molar-refractivity contribution in [2.45, 2.75) is 6.54 Å². The van der Waals surface area contributed by atoms with Gasteiger partial charge in [0, 0.05) is 28.7 Å². The minimum absolute atomic E-state index is 0.590. The minimum Gasteiger partial charge on any atom is -0.496 e. The first-order chi connectivity index (χ1) is 7.81. The summed E-state index contributed by atoms with van der Waals surface area (Å²) >= 11 is 7.41. The summed E-state index contributed by atoms with van der Waals surface area (Å²) in [6.07, 6.45) is 1.67. The molecule has 2 rings (SSSR count). The number of aromatic nitrogens is 2. The van der Waals surface area contributed by atoms with Crippen LogP contribution in [-0.2, 0) is 6.54 Å². The summed E-state index contributed by atoms with van der Waals surface area (Å²) in [4.78, 5) is 0. The van der Waals surface area contributed by atoms with Crippen molar-refractivity contribution in [3.8, 4) is 5.75 Å². The van der Waals surface area contributed by atoms with Gasteiger partial charge in [-0.05, 0) is 12.1 Å². The maximum absolute atomic E-state index is 6.10. The SMILES string of the molecule is COc1cccc(Cl)c1CNc1cnns1. The molecule has 0 saturated carbocycles. The molecule has 0 radical (unpaired) electrons. The molecular formula is C10H10ClN3OS. The molecule has 0 amide bonds. The largest absolute Gasteiger partial charge is 0.496 e. The molecule has 0 aliphatic rings. The monoisotopic (exact) mass is 255 g/mol. The van der Waals surface area contributed by atoms with Gasteiger partial charge >= 0.3 is 0 Å². The quantitative estimate of drug-likeness (QED) is 0.913. The first kappa shape index (κ1) is 11.2. The number of ether oxygens (including phenoxy) is 1. The summed E-state index contributed by atoms with van der Waals surface area (Å²) in [5, 5.41) is 8.52. The van der Waals surface area contributed by atoms with Crippen LogP contribution in [0, 0.1) is 0 Å². The van der Waals surface area contributed by atoms with Crippen LogP contribution < -0.4 is 10.1 Å². The number of halogens is 1. The van der Waals surface area contributed by atoms with Gasteiger partial charge in [0.15, 0.2) is 0 Å². The van der Waals surface area contributed by atoms with E-state index in [1.54, 1.807) is 13.3 Å². The first-order valence-corrected chi connectivity index (χ1v) is 5.79. The maximum atomic E-state index is 6.10. The average molecular weight is 256 g/mol. The van der Waals surface area contributed by atoms with Crippen molar-refractivity contribution >= 4 is 28.1 Å². The number of nitrogens with zero attached hydrogens (tertiary/aromatic N) is 2. The number of rotatable bonds is 4. The molecule has 0 aliphatic heterocycles. The number of methoxy groups -OCH3 is 1. The Morgan fingerprint density at radius 1 is 1.50 bits per heavy atom.